The van der Waals surface area contributed by atoms with Crippen molar-refractivity contribution < 1.29 is 17.9 Å². The standard InChI is InChI=1S/C21H22INO4S/c1-27-18-11-9-16(20(22)14-18)15-23-17(10-12-21(23)24)6-5-13-28(25,26)19-7-3-2-4-8-19/h2-5,7-9,11,13-14,17H,6,10,12,15H2,1H3/b13-5+. The highest BCUT2D eigenvalue weighted by Crippen LogP contribution is 2.27. The topological polar surface area (TPSA) is 63.7 Å². The second-order valence-corrected chi connectivity index (χ2v) is 9.63. The van der Waals surface area contributed by atoms with Crippen LogP contribution >= 0.6 is 22.6 Å². The van der Waals surface area contributed by atoms with Crippen molar-refractivity contribution in [2.45, 2.75) is 36.7 Å². The Morgan fingerprint density at radius 3 is 2.64 bits per heavy atom. The molecule has 2 aromatic carbocycles. The smallest absolute Gasteiger partial charge is 0.223 e. The van der Waals surface area contributed by atoms with Gasteiger partial charge in [0.15, 0.2) is 9.84 Å². The largest absolute Gasteiger partial charge is 0.497 e. The SMILES string of the molecule is COc1ccc(CN2C(=O)CCC2C/C=C/S(=O)(=O)c2ccccc2)c(I)c1. The summed E-state index contributed by atoms with van der Waals surface area (Å²) in [5.74, 6) is 0.891. The van der Waals surface area contributed by atoms with Gasteiger partial charge in [0.2, 0.25) is 5.91 Å². The Morgan fingerprint density at radius 2 is 1.96 bits per heavy atom. The Kier molecular flexibility index (Phi) is 6.77. The minimum Gasteiger partial charge on any atom is -0.497 e. The van der Waals surface area contributed by atoms with Crippen LogP contribution in [0.25, 0.3) is 0 Å². The molecule has 1 amide bonds. The Labute approximate surface area is 179 Å². The monoisotopic (exact) mass is 511 g/mol. The minimum atomic E-state index is -3.46. The summed E-state index contributed by atoms with van der Waals surface area (Å²) < 4.78 is 31.0. The van der Waals surface area contributed by atoms with Crippen LogP contribution in [0.1, 0.15) is 24.8 Å². The van der Waals surface area contributed by atoms with Crippen LogP contribution in [-0.2, 0) is 21.2 Å². The van der Waals surface area contributed by atoms with Crippen LogP contribution in [0.15, 0.2) is 64.9 Å². The summed E-state index contributed by atoms with van der Waals surface area (Å²) in [5.41, 5.74) is 1.06. The number of nitrogens with zero attached hydrogens (tertiary/aromatic N) is 1. The zero-order chi connectivity index (χ0) is 20.1. The van der Waals surface area contributed by atoms with Gasteiger partial charge in [-0.1, -0.05) is 30.3 Å². The fraction of sp³-hybridized carbons (Fsp3) is 0.286. The summed E-state index contributed by atoms with van der Waals surface area (Å²) >= 11 is 2.24. The molecule has 0 N–H and O–H groups in total. The first-order valence-corrected chi connectivity index (χ1v) is 11.6. The van der Waals surface area contributed by atoms with E-state index in [2.05, 4.69) is 22.6 Å². The highest BCUT2D eigenvalue weighted by molar-refractivity contribution is 14.1. The number of carbonyl (C=O) groups is 1. The zero-order valence-electron chi connectivity index (χ0n) is 15.5. The van der Waals surface area contributed by atoms with E-state index in [4.69, 9.17) is 4.74 Å². The lowest BCUT2D eigenvalue weighted by Crippen LogP contribution is -2.32. The van der Waals surface area contributed by atoms with Gasteiger partial charge in [-0.2, -0.15) is 0 Å². The van der Waals surface area contributed by atoms with Crippen molar-refractivity contribution >= 4 is 38.3 Å². The molecule has 1 heterocycles. The average molecular weight is 511 g/mol. The summed E-state index contributed by atoms with van der Waals surface area (Å²) in [6.45, 7) is 0.519. The van der Waals surface area contributed by atoms with Crippen LogP contribution in [0.5, 0.6) is 5.75 Å². The molecule has 0 radical (unpaired) electrons. The van der Waals surface area contributed by atoms with Gasteiger partial charge < -0.3 is 9.64 Å². The number of ether oxygens (including phenoxy) is 1. The molecule has 1 unspecified atom stereocenters. The van der Waals surface area contributed by atoms with Gasteiger partial charge in [0, 0.05) is 28.0 Å². The van der Waals surface area contributed by atoms with E-state index in [0.29, 0.717) is 19.4 Å². The summed E-state index contributed by atoms with van der Waals surface area (Å²) in [6.07, 6.45) is 3.42. The first kappa shape index (κ1) is 20.9. The number of hydrogen-bond acceptors (Lipinski definition) is 4. The van der Waals surface area contributed by atoms with E-state index in [1.165, 1.54) is 5.41 Å². The minimum absolute atomic E-state index is 0.00706. The number of likely N-dealkylation sites (tertiary alicyclic amines) is 1. The van der Waals surface area contributed by atoms with Gasteiger partial charge in [0.05, 0.1) is 12.0 Å². The molecule has 1 aliphatic heterocycles. The second-order valence-electron chi connectivity index (χ2n) is 6.64. The second kappa shape index (κ2) is 9.09. The molecular weight excluding hydrogens is 489 g/mol. The van der Waals surface area contributed by atoms with Crippen molar-refractivity contribution in [3.8, 4) is 5.75 Å². The summed E-state index contributed by atoms with van der Waals surface area (Å²) in [7, 11) is -1.83. The predicted molar refractivity (Wildman–Crippen MR) is 117 cm³/mol. The predicted octanol–water partition coefficient (Wildman–Crippen LogP) is 4.17. The quantitative estimate of drug-likeness (QED) is 0.524. The van der Waals surface area contributed by atoms with E-state index in [1.807, 2.05) is 23.1 Å². The molecule has 5 nitrogen and oxygen atoms in total. The fourth-order valence-corrected chi connectivity index (χ4v) is 4.97. The molecule has 148 valence electrons. The lowest BCUT2D eigenvalue weighted by Gasteiger charge is -2.24. The first-order chi connectivity index (χ1) is 13.4. The molecule has 1 atom stereocenters. The van der Waals surface area contributed by atoms with Crippen LogP contribution in [0.4, 0.5) is 0 Å². The molecule has 0 saturated carbocycles. The Hall–Kier alpha value is -1.87. The Morgan fingerprint density at radius 1 is 1.21 bits per heavy atom. The molecule has 0 bridgehead atoms. The number of rotatable bonds is 7. The third-order valence-electron chi connectivity index (χ3n) is 4.81. The van der Waals surface area contributed by atoms with Gasteiger partial charge in [-0.3, -0.25) is 4.79 Å². The van der Waals surface area contributed by atoms with Crippen molar-refractivity contribution in [2.75, 3.05) is 7.11 Å². The van der Waals surface area contributed by atoms with Crippen molar-refractivity contribution in [1.82, 2.24) is 4.90 Å². The summed E-state index contributed by atoms with van der Waals surface area (Å²) in [5, 5.41) is 1.25. The number of methoxy groups -OCH3 is 1. The van der Waals surface area contributed by atoms with Crippen molar-refractivity contribution in [3.63, 3.8) is 0 Å². The number of benzene rings is 2. The van der Waals surface area contributed by atoms with E-state index in [1.54, 1.807) is 43.5 Å². The summed E-state index contributed by atoms with van der Waals surface area (Å²) in [6, 6.07) is 14.2. The van der Waals surface area contributed by atoms with Gasteiger partial charge in [0.1, 0.15) is 5.75 Å². The van der Waals surface area contributed by atoms with Crippen LogP contribution in [-0.4, -0.2) is 32.4 Å². The van der Waals surface area contributed by atoms with Crippen LogP contribution < -0.4 is 4.74 Å². The number of amides is 1. The Bertz CT molecular complexity index is 973. The highest BCUT2D eigenvalue weighted by Gasteiger charge is 2.30. The maximum absolute atomic E-state index is 12.4. The van der Waals surface area contributed by atoms with Crippen molar-refractivity contribution in [3.05, 3.63) is 69.1 Å². The summed E-state index contributed by atoms with van der Waals surface area (Å²) in [4.78, 5) is 14.5. The maximum atomic E-state index is 12.4. The Balaban J connectivity index is 1.69. The van der Waals surface area contributed by atoms with E-state index < -0.39 is 9.84 Å². The van der Waals surface area contributed by atoms with E-state index >= 15 is 0 Å². The van der Waals surface area contributed by atoms with E-state index in [0.717, 1.165) is 21.3 Å². The molecule has 0 spiro atoms. The highest BCUT2D eigenvalue weighted by atomic mass is 127. The van der Waals surface area contributed by atoms with Gasteiger partial charge in [-0.25, -0.2) is 8.42 Å². The van der Waals surface area contributed by atoms with Crippen molar-refractivity contribution in [1.29, 1.82) is 0 Å². The van der Waals surface area contributed by atoms with Crippen LogP contribution in [0.2, 0.25) is 0 Å². The number of hydrogen-bond donors (Lipinski definition) is 0. The third-order valence-corrected chi connectivity index (χ3v) is 7.29. The molecule has 2 aromatic rings. The molecular formula is C21H22INO4S. The van der Waals surface area contributed by atoms with E-state index in [-0.39, 0.29) is 16.8 Å². The molecule has 1 fully saturated rings. The lowest BCUT2D eigenvalue weighted by atomic mass is 10.1. The molecule has 28 heavy (non-hydrogen) atoms. The molecule has 3 rings (SSSR count). The third kappa shape index (κ3) is 4.94. The molecule has 0 aliphatic carbocycles. The zero-order valence-corrected chi connectivity index (χ0v) is 18.5. The average Bonchev–Trinajstić information content (AvgIpc) is 3.03. The molecule has 0 aromatic heterocycles. The molecule has 7 heteroatoms. The number of sulfone groups is 1. The van der Waals surface area contributed by atoms with Gasteiger partial charge in [-0.05, 0) is 65.3 Å². The van der Waals surface area contributed by atoms with Gasteiger partial charge in [-0.15, -0.1) is 0 Å². The van der Waals surface area contributed by atoms with E-state index in [9.17, 15) is 13.2 Å². The number of carbonyl (C=O) groups excluding carboxylic acids is 1. The number of halogens is 1. The van der Waals surface area contributed by atoms with Gasteiger partial charge >= 0.3 is 0 Å². The van der Waals surface area contributed by atoms with Crippen LogP contribution in [0.3, 0.4) is 0 Å². The maximum Gasteiger partial charge on any atom is 0.223 e. The van der Waals surface area contributed by atoms with Crippen molar-refractivity contribution in [2.24, 2.45) is 0 Å². The normalized spacial score (nSPS) is 17.4. The molecule has 1 aliphatic rings. The first-order valence-electron chi connectivity index (χ1n) is 8.99. The van der Waals surface area contributed by atoms with Gasteiger partial charge in [0.25, 0.3) is 0 Å². The van der Waals surface area contributed by atoms with Crippen LogP contribution in [0, 0.1) is 3.57 Å². The molecule has 1 saturated heterocycles. The lowest BCUT2D eigenvalue weighted by molar-refractivity contribution is -0.129. The fourth-order valence-electron chi connectivity index (χ4n) is 3.25.